The molecule has 1 aromatic rings. The summed E-state index contributed by atoms with van der Waals surface area (Å²) in [6.07, 6.45) is 1.01. The van der Waals surface area contributed by atoms with Gasteiger partial charge in [-0.3, -0.25) is 4.79 Å². The highest BCUT2D eigenvalue weighted by atomic mass is 16.4. The lowest BCUT2D eigenvalue weighted by Gasteiger charge is -2.29. The van der Waals surface area contributed by atoms with Gasteiger partial charge in [-0.25, -0.2) is 4.79 Å². The van der Waals surface area contributed by atoms with E-state index in [1.165, 1.54) is 4.90 Å². The first-order valence-corrected chi connectivity index (χ1v) is 5.88. The van der Waals surface area contributed by atoms with Crippen LogP contribution in [-0.4, -0.2) is 39.7 Å². The maximum Gasteiger partial charge on any atom is 0.340 e. The first kappa shape index (κ1) is 11.3. The Hall–Kier alpha value is -1.82. The number of aliphatic hydroxyl groups excluding tert-OH is 1. The molecule has 6 heteroatoms. The number of hydrogen-bond donors (Lipinski definition) is 2. The van der Waals surface area contributed by atoms with Gasteiger partial charge < -0.3 is 19.5 Å². The molecule has 1 saturated heterocycles. The minimum atomic E-state index is -0.761. The summed E-state index contributed by atoms with van der Waals surface area (Å²) in [6, 6.07) is 1.83. The molecule has 1 aliphatic heterocycles. The van der Waals surface area contributed by atoms with Crippen LogP contribution in [-0.2, 0) is 0 Å². The average Bonchev–Trinajstić information content (AvgIpc) is 2.85. The summed E-state index contributed by atoms with van der Waals surface area (Å²) >= 11 is 0. The van der Waals surface area contributed by atoms with Gasteiger partial charge in [0.1, 0.15) is 5.75 Å². The summed E-state index contributed by atoms with van der Waals surface area (Å²) in [7, 11) is 0. The van der Waals surface area contributed by atoms with Crippen molar-refractivity contribution >= 4 is 5.91 Å². The maximum absolute atomic E-state index is 12.2. The molecule has 1 aromatic heterocycles. The first-order chi connectivity index (χ1) is 8.54. The summed E-state index contributed by atoms with van der Waals surface area (Å²) in [4.78, 5) is 24.8. The second kappa shape index (κ2) is 3.84. The molecule has 1 amide bonds. The minimum absolute atomic E-state index is 0.181. The van der Waals surface area contributed by atoms with Crippen LogP contribution in [0.15, 0.2) is 21.3 Å². The molecule has 0 aromatic carbocycles. The molecule has 2 fully saturated rings. The summed E-state index contributed by atoms with van der Waals surface area (Å²) in [5.74, 6) is -0.605. The van der Waals surface area contributed by atoms with Crippen molar-refractivity contribution in [2.24, 2.45) is 5.92 Å². The van der Waals surface area contributed by atoms with Crippen molar-refractivity contribution in [1.82, 2.24) is 4.90 Å². The van der Waals surface area contributed by atoms with Crippen molar-refractivity contribution < 1.29 is 19.4 Å². The number of nitrogens with zero attached hydrogens (tertiary/aromatic N) is 1. The van der Waals surface area contributed by atoms with Crippen LogP contribution >= 0.6 is 0 Å². The lowest BCUT2D eigenvalue weighted by Crippen LogP contribution is -2.44. The molecule has 2 N–H and O–H groups in total. The van der Waals surface area contributed by atoms with Gasteiger partial charge in [-0.15, -0.1) is 0 Å². The fourth-order valence-corrected chi connectivity index (χ4v) is 2.94. The quantitative estimate of drug-likeness (QED) is 0.729. The molecule has 1 aliphatic carbocycles. The third kappa shape index (κ3) is 1.69. The number of amides is 1. The Morgan fingerprint density at radius 1 is 1.39 bits per heavy atom. The average molecular weight is 251 g/mol. The van der Waals surface area contributed by atoms with Crippen LogP contribution in [0.4, 0.5) is 0 Å². The predicted octanol–water partition coefficient (Wildman–Crippen LogP) is -0.0593. The van der Waals surface area contributed by atoms with Crippen molar-refractivity contribution in [2.45, 2.75) is 25.0 Å². The molecule has 96 valence electrons. The van der Waals surface area contributed by atoms with Gasteiger partial charge in [0.05, 0.1) is 18.2 Å². The van der Waals surface area contributed by atoms with Gasteiger partial charge in [0.15, 0.2) is 5.76 Å². The summed E-state index contributed by atoms with van der Waals surface area (Å²) in [6.45, 7) is 0.569. The Kier molecular flexibility index (Phi) is 2.41. The van der Waals surface area contributed by atoms with Crippen molar-refractivity contribution in [3.05, 3.63) is 28.3 Å². The van der Waals surface area contributed by atoms with Crippen molar-refractivity contribution in [1.29, 1.82) is 0 Å². The molecular weight excluding hydrogens is 238 g/mol. The molecule has 18 heavy (non-hydrogen) atoms. The van der Waals surface area contributed by atoms with E-state index < -0.39 is 17.6 Å². The number of fused-ring (bicyclic) bond motifs is 2. The molecule has 1 saturated carbocycles. The number of carbonyl (C=O) groups is 1. The summed E-state index contributed by atoms with van der Waals surface area (Å²) in [5.41, 5.74) is -0.761. The Bertz CT molecular complexity index is 552. The molecule has 3 rings (SSSR count). The number of aliphatic hydroxyl groups is 1. The van der Waals surface area contributed by atoms with E-state index in [0.717, 1.165) is 25.0 Å². The van der Waals surface area contributed by atoms with E-state index in [9.17, 15) is 19.8 Å². The predicted molar refractivity (Wildman–Crippen MR) is 60.2 cm³/mol. The summed E-state index contributed by atoms with van der Waals surface area (Å²) < 4.78 is 4.79. The normalized spacial score (nSPS) is 29.8. The standard InChI is InChI=1S/C12H13NO5/c14-7-3-10(18-11(16)4-7)12(17)13-5-6-1-8(13)9(15)2-6/h3-4,6,8-9,14-15H,1-2,5H2/t6-,8+,9+/m0/s1. The SMILES string of the molecule is O=C(c1cc(O)cc(=O)o1)N1C[C@@H]2C[C@@H](O)[C@H]1C2. The van der Waals surface area contributed by atoms with Crippen molar-refractivity contribution in [2.75, 3.05) is 6.54 Å². The minimum Gasteiger partial charge on any atom is -0.508 e. The van der Waals surface area contributed by atoms with E-state index in [0.29, 0.717) is 12.5 Å². The van der Waals surface area contributed by atoms with Gasteiger partial charge in [0, 0.05) is 12.6 Å². The Balaban J connectivity index is 1.89. The second-order valence-electron chi connectivity index (χ2n) is 4.93. The molecule has 3 atom stereocenters. The number of carbonyl (C=O) groups excluding carboxylic acids is 1. The lowest BCUT2D eigenvalue weighted by molar-refractivity contribution is 0.0375. The number of rotatable bonds is 1. The highest BCUT2D eigenvalue weighted by Crippen LogP contribution is 2.38. The third-order valence-corrected chi connectivity index (χ3v) is 3.68. The third-order valence-electron chi connectivity index (χ3n) is 3.68. The van der Waals surface area contributed by atoms with Crippen LogP contribution in [0.25, 0.3) is 0 Å². The van der Waals surface area contributed by atoms with Gasteiger partial charge >= 0.3 is 5.63 Å². The van der Waals surface area contributed by atoms with Crippen LogP contribution in [0.2, 0.25) is 0 Å². The van der Waals surface area contributed by atoms with Crippen molar-refractivity contribution in [3.63, 3.8) is 0 Å². The van der Waals surface area contributed by atoms with Gasteiger partial charge in [-0.05, 0) is 18.8 Å². The summed E-state index contributed by atoms with van der Waals surface area (Å²) in [5, 5.41) is 19.0. The largest absolute Gasteiger partial charge is 0.508 e. The molecule has 6 nitrogen and oxygen atoms in total. The highest BCUT2D eigenvalue weighted by Gasteiger charge is 2.46. The molecular formula is C12H13NO5. The van der Waals surface area contributed by atoms with Crippen molar-refractivity contribution in [3.8, 4) is 5.75 Å². The number of aromatic hydroxyl groups is 1. The van der Waals surface area contributed by atoms with E-state index in [2.05, 4.69) is 0 Å². The second-order valence-corrected chi connectivity index (χ2v) is 4.93. The zero-order chi connectivity index (χ0) is 12.9. The zero-order valence-corrected chi connectivity index (χ0v) is 9.57. The highest BCUT2D eigenvalue weighted by molar-refractivity contribution is 5.92. The fraction of sp³-hybridized carbons (Fsp3) is 0.500. The van der Waals surface area contributed by atoms with E-state index in [-0.39, 0.29) is 17.6 Å². The fourth-order valence-electron chi connectivity index (χ4n) is 2.94. The van der Waals surface area contributed by atoms with Gasteiger partial charge in [-0.2, -0.15) is 0 Å². The van der Waals surface area contributed by atoms with E-state index in [4.69, 9.17) is 4.42 Å². The molecule has 0 radical (unpaired) electrons. The Labute approximate surface area is 102 Å². The van der Waals surface area contributed by atoms with Crippen LogP contribution in [0.5, 0.6) is 5.75 Å². The Morgan fingerprint density at radius 3 is 2.78 bits per heavy atom. The van der Waals surface area contributed by atoms with Gasteiger partial charge in [0.25, 0.3) is 5.91 Å². The maximum atomic E-state index is 12.2. The number of piperidine rings is 1. The molecule has 2 aliphatic rings. The first-order valence-electron chi connectivity index (χ1n) is 5.88. The lowest BCUT2D eigenvalue weighted by atomic mass is 10.1. The van der Waals surface area contributed by atoms with E-state index in [1.54, 1.807) is 0 Å². The molecule has 0 unspecified atom stereocenters. The Morgan fingerprint density at radius 2 is 2.17 bits per heavy atom. The van der Waals surface area contributed by atoms with Gasteiger partial charge in [-0.1, -0.05) is 0 Å². The number of likely N-dealkylation sites (tertiary alicyclic amines) is 1. The van der Waals surface area contributed by atoms with Crippen LogP contribution in [0.3, 0.4) is 0 Å². The monoisotopic (exact) mass is 251 g/mol. The smallest absolute Gasteiger partial charge is 0.340 e. The van der Waals surface area contributed by atoms with Gasteiger partial charge in [0.2, 0.25) is 0 Å². The van der Waals surface area contributed by atoms with E-state index >= 15 is 0 Å². The number of hydrogen-bond acceptors (Lipinski definition) is 5. The topological polar surface area (TPSA) is 91.0 Å². The van der Waals surface area contributed by atoms with E-state index in [1.807, 2.05) is 0 Å². The van der Waals surface area contributed by atoms with Crippen LogP contribution in [0, 0.1) is 5.92 Å². The van der Waals surface area contributed by atoms with Crippen LogP contribution in [0.1, 0.15) is 23.4 Å². The molecule has 2 heterocycles. The molecule has 0 spiro atoms. The molecule has 2 bridgehead atoms. The van der Waals surface area contributed by atoms with Crippen LogP contribution < -0.4 is 5.63 Å². The zero-order valence-electron chi connectivity index (χ0n) is 9.57.